The molecule has 0 radical (unpaired) electrons. The molecule has 7 nitrogen and oxygen atoms in total. The van der Waals surface area contributed by atoms with Crippen LogP contribution in [-0.4, -0.2) is 34.1 Å². The summed E-state index contributed by atoms with van der Waals surface area (Å²) in [6, 6.07) is 6.41. The molecule has 4 rings (SSSR count). The van der Waals surface area contributed by atoms with Gasteiger partial charge in [-0.15, -0.1) is 0 Å². The number of rotatable bonds is 6. The summed E-state index contributed by atoms with van der Waals surface area (Å²) in [7, 11) is 0. The van der Waals surface area contributed by atoms with Crippen molar-refractivity contribution >= 4 is 22.8 Å². The van der Waals surface area contributed by atoms with E-state index in [0.29, 0.717) is 35.4 Å². The van der Waals surface area contributed by atoms with E-state index in [0.717, 1.165) is 30.0 Å². The van der Waals surface area contributed by atoms with Crippen molar-refractivity contribution in [2.24, 2.45) is 11.8 Å². The van der Waals surface area contributed by atoms with Gasteiger partial charge in [0.05, 0.1) is 5.69 Å². The minimum absolute atomic E-state index is 0.154. The fraction of sp³-hybridized carbons (Fsp3) is 0.478. The molecule has 1 aliphatic rings. The summed E-state index contributed by atoms with van der Waals surface area (Å²) < 4.78 is 19.2. The normalized spacial score (nSPS) is 19.0. The highest BCUT2D eigenvalue weighted by atomic mass is 19.1. The number of aryl methyl sites for hydroxylation is 2. The smallest absolute Gasteiger partial charge is 0.263 e. The van der Waals surface area contributed by atoms with Gasteiger partial charge in [0, 0.05) is 38.0 Å². The van der Waals surface area contributed by atoms with Gasteiger partial charge in [-0.2, -0.15) is 4.98 Å². The molecule has 0 unspecified atom stereocenters. The Hall–Kier alpha value is -3.03. The van der Waals surface area contributed by atoms with E-state index in [9.17, 15) is 9.18 Å². The molecule has 31 heavy (non-hydrogen) atoms. The van der Waals surface area contributed by atoms with Crippen LogP contribution >= 0.6 is 0 Å². The van der Waals surface area contributed by atoms with E-state index < -0.39 is 0 Å². The quantitative estimate of drug-likeness (QED) is 0.647. The predicted octanol–water partition coefficient (Wildman–Crippen LogP) is 3.80. The molecule has 2 atom stereocenters. The minimum Gasteiger partial charge on any atom is -0.355 e. The van der Waals surface area contributed by atoms with E-state index >= 15 is 0 Å². The molecule has 1 aromatic carbocycles. The summed E-state index contributed by atoms with van der Waals surface area (Å²) in [5.41, 5.74) is 1.68. The summed E-state index contributed by atoms with van der Waals surface area (Å²) >= 11 is 0. The van der Waals surface area contributed by atoms with E-state index in [-0.39, 0.29) is 24.7 Å². The Balaban J connectivity index is 1.48. The van der Waals surface area contributed by atoms with Crippen LogP contribution in [0.3, 0.4) is 0 Å². The van der Waals surface area contributed by atoms with E-state index in [4.69, 9.17) is 9.51 Å². The predicted molar refractivity (Wildman–Crippen MR) is 116 cm³/mol. The van der Waals surface area contributed by atoms with Crippen molar-refractivity contribution in [2.45, 2.75) is 46.6 Å². The van der Waals surface area contributed by atoms with Crippen LogP contribution < -0.4 is 10.2 Å². The topological polar surface area (TPSA) is 84.1 Å². The highest BCUT2D eigenvalue weighted by molar-refractivity contribution is 5.88. The monoisotopic (exact) mass is 425 g/mol. The fourth-order valence-electron chi connectivity index (χ4n) is 4.34. The molecule has 3 aromatic rings. The van der Waals surface area contributed by atoms with Crippen molar-refractivity contribution in [1.82, 2.24) is 20.4 Å². The Kier molecular flexibility index (Phi) is 6.15. The van der Waals surface area contributed by atoms with Crippen molar-refractivity contribution in [3.8, 4) is 0 Å². The lowest BCUT2D eigenvalue weighted by atomic mass is 9.92. The molecule has 0 bridgehead atoms. The third-order valence-electron chi connectivity index (χ3n) is 5.71. The first kappa shape index (κ1) is 21.2. The first-order valence-corrected chi connectivity index (χ1v) is 10.8. The number of amides is 1. The molecule has 164 valence electrons. The molecule has 1 aliphatic heterocycles. The average molecular weight is 426 g/mol. The summed E-state index contributed by atoms with van der Waals surface area (Å²) in [4.78, 5) is 23.9. The number of anilines is 1. The maximum Gasteiger partial charge on any atom is 0.263 e. The molecule has 1 saturated heterocycles. The number of nitrogens with one attached hydrogen (secondary N) is 1. The molecule has 1 N–H and O–H groups in total. The van der Waals surface area contributed by atoms with Crippen LogP contribution in [0.4, 0.5) is 10.2 Å². The van der Waals surface area contributed by atoms with Crippen LogP contribution in [0.1, 0.15) is 43.8 Å². The first-order chi connectivity index (χ1) is 14.9. The number of nitrogens with zero attached hydrogens (tertiary/aromatic N) is 4. The Morgan fingerprint density at radius 2 is 1.97 bits per heavy atom. The maximum absolute atomic E-state index is 13.7. The third kappa shape index (κ3) is 4.84. The van der Waals surface area contributed by atoms with E-state index in [1.54, 1.807) is 18.2 Å². The van der Waals surface area contributed by atoms with Crippen LogP contribution in [0.2, 0.25) is 0 Å². The zero-order valence-electron chi connectivity index (χ0n) is 18.2. The van der Waals surface area contributed by atoms with Gasteiger partial charge in [0.2, 0.25) is 5.91 Å². The van der Waals surface area contributed by atoms with Gasteiger partial charge in [0.1, 0.15) is 22.8 Å². The molecule has 1 amide bonds. The van der Waals surface area contributed by atoms with Crippen molar-refractivity contribution in [1.29, 1.82) is 0 Å². The standard InChI is InChI=1S/C23H28FN5O2/c1-14-10-15(2)13-29(12-14)22-21-16(3)28-31-23(21)27-19(26-22)8-9-20(30)25-11-17-6-4-5-7-18(17)24/h4-7,14-15H,8-13H2,1-3H3,(H,25,30)/t14-,15-/m1/s1. The molecule has 0 spiro atoms. The number of carbonyl (C=O) groups is 1. The van der Waals surface area contributed by atoms with Gasteiger partial charge in [-0.25, -0.2) is 9.37 Å². The Morgan fingerprint density at radius 1 is 1.23 bits per heavy atom. The van der Waals surface area contributed by atoms with Gasteiger partial charge >= 0.3 is 0 Å². The molecular weight excluding hydrogens is 397 g/mol. The van der Waals surface area contributed by atoms with Crippen molar-refractivity contribution < 1.29 is 13.7 Å². The molecule has 0 aliphatic carbocycles. The zero-order valence-corrected chi connectivity index (χ0v) is 18.2. The lowest BCUT2D eigenvalue weighted by Gasteiger charge is -2.36. The second kappa shape index (κ2) is 8.99. The highest BCUT2D eigenvalue weighted by Gasteiger charge is 2.27. The lowest BCUT2D eigenvalue weighted by molar-refractivity contribution is -0.121. The highest BCUT2D eigenvalue weighted by Crippen LogP contribution is 2.31. The summed E-state index contributed by atoms with van der Waals surface area (Å²) in [5.74, 6) is 2.02. The number of benzene rings is 1. The van der Waals surface area contributed by atoms with Crippen LogP contribution in [0.25, 0.3) is 11.1 Å². The molecule has 3 heterocycles. The number of aromatic nitrogens is 3. The second-order valence-electron chi connectivity index (χ2n) is 8.63. The average Bonchev–Trinajstić information content (AvgIpc) is 3.11. The zero-order chi connectivity index (χ0) is 22.0. The van der Waals surface area contributed by atoms with E-state index in [2.05, 4.69) is 34.2 Å². The molecule has 1 fully saturated rings. The van der Waals surface area contributed by atoms with Crippen molar-refractivity contribution in [3.63, 3.8) is 0 Å². The molecule has 0 saturated carbocycles. The number of carbonyl (C=O) groups excluding carboxylic acids is 1. The van der Waals surface area contributed by atoms with Gasteiger partial charge in [-0.1, -0.05) is 37.2 Å². The van der Waals surface area contributed by atoms with Crippen LogP contribution in [0.15, 0.2) is 28.8 Å². The number of halogens is 1. The van der Waals surface area contributed by atoms with Crippen molar-refractivity contribution in [3.05, 3.63) is 47.2 Å². The van der Waals surface area contributed by atoms with Gasteiger partial charge in [-0.05, 0) is 31.2 Å². The number of hydrogen-bond acceptors (Lipinski definition) is 6. The second-order valence-corrected chi connectivity index (χ2v) is 8.63. The van der Waals surface area contributed by atoms with Gasteiger partial charge < -0.3 is 14.7 Å². The summed E-state index contributed by atoms with van der Waals surface area (Å²) in [6.07, 6.45) is 1.77. The third-order valence-corrected chi connectivity index (χ3v) is 5.71. The fourth-order valence-corrected chi connectivity index (χ4v) is 4.34. The minimum atomic E-state index is -0.327. The van der Waals surface area contributed by atoms with Crippen LogP contribution in [0.5, 0.6) is 0 Å². The number of fused-ring (bicyclic) bond motifs is 1. The first-order valence-electron chi connectivity index (χ1n) is 10.8. The Morgan fingerprint density at radius 3 is 2.71 bits per heavy atom. The Bertz CT molecular complexity index is 1070. The number of hydrogen-bond donors (Lipinski definition) is 1. The lowest BCUT2D eigenvalue weighted by Crippen LogP contribution is -2.39. The van der Waals surface area contributed by atoms with Crippen LogP contribution in [0, 0.1) is 24.6 Å². The van der Waals surface area contributed by atoms with Gasteiger partial charge in [0.15, 0.2) is 0 Å². The van der Waals surface area contributed by atoms with Crippen LogP contribution in [-0.2, 0) is 17.8 Å². The molecule has 8 heteroatoms. The summed E-state index contributed by atoms with van der Waals surface area (Å²) in [5, 5.41) is 7.68. The molecular formula is C23H28FN5O2. The number of piperidine rings is 1. The molecule has 2 aromatic heterocycles. The van der Waals surface area contributed by atoms with Gasteiger partial charge in [0.25, 0.3) is 5.71 Å². The Labute approximate surface area is 181 Å². The summed E-state index contributed by atoms with van der Waals surface area (Å²) in [6.45, 7) is 8.39. The van der Waals surface area contributed by atoms with E-state index in [1.807, 2.05) is 6.92 Å². The maximum atomic E-state index is 13.7. The van der Waals surface area contributed by atoms with E-state index in [1.165, 1.54) is 12.5 Å². The largest absolute Gasteiger partial charge is 0.355 e. The van der Waals surface area contributed by atoms with Crippen molar-refractivity contribution in [2.75, 3.05) is 18.0 Å². The SMILES string of the molecule is Cc1noc2nc(CCC(=O)NCc3ccccc3F)nc(N3C[C@H](C)C[C@@H](C)C3)c12. The van der Waals surface area contributed by atoms with Gasteiger partial charge in [-0.3, -0.25) is 4.79 Å².